The van der Waals surface area contributed by atoms with Gasteiger partial charge in [0.1, 0.15) is 17.4 Å². The number of nitriles is 1. The smallest absolute Gasteiger partial charge is 0.266 e. The number of benzene rings is 1. The van der Waals surface area contributed by atoms with Gasteiger partial charge in [0.05, 0.1) is 18.8 Å². The zero-order chi connectivity index (χ0) is 13.9. The predicted molar refractivity (Wildman–Crippen MR) is 67.4 cm³/mol. The van der Waals surface area contributed by atoms with Crippen molar-refractivity contribution in [1.82, 2.24) is 10.1 Å². The van der Waals surface area contributed by atoms with Crippen molar-refractivity contribution in [3.05, 3.63) is 29.6 Å². The zero-order valence-corrected chi connectivity index (χ0v) is 10.5. The van der Waals surface area contributed by atoms with E-state index >= 15 is 0 Å². The summed E-state index contributed by atoms with van der Waals surface area (Å²) in [7, 11) is 0. The first-order valence-corrected chi connectivity index (χ1v) is 6.15. The maximum absolute atomic E-state index is 13.6. The van der Waals surface area contributed by atoms with E-state index in [2.05, 4.69) is 10.1 Å². The number of rotatable bonds is 2. The van der Waals surface area contributed by atoms with E-state index in [-0.39, 0.29) is 11.5 Å². The Balaban J connectivity index is 1.94. The molecule has 0 spiro atoms. The van der Waals surface area contributed by atoms with E-state index < -0.39 is 5.82 Å². The third-order valence-corrected chi connectivity index (χ3v) is 3.07. The van der Waals surface area contributed by atoms with Crippen LogP contribution < -0.4 is 4.90 Å². The highest BCUT2D eigenvalue weighted by Gasteiger charge is 2.20. The molecule has 6 nitrogen and oxygen atoms in total. The van der Waals surface area contributed by atoms with Crippen LogP contribution in [0.3, 0.4) is 0 Å². The molecule has 7 heteroatoms. The van der Waals surface area contributed by atoms with Crippen molar-refractivity contribution in [3.8, 4) is 17.5 Å². The number of hydrogen-bond donors (Lipinski definition) is 0. The van der Waals surface area contributed by atoms with E-state index in [0.29, 0.717) is 37.8 Å². The lowest BCUT2D eigenvalue weighted by Crippen LogP contribution is -2.36. The van der Waals surface area contributed by atoms with Crippen LogP contribution in [0.2, 0.25) is 0 Å². The quantitative estimate of drug-likeness (QED) is 0.827. The lowest BCUT2D eigenvalue weighted by molar-refractivity contribution is 0.121. The number of aromatic nitrogens is 2. The number of morpholine rings is 1. The standard InChI is InChI=1S/C13H11FN4O2/c14-11-3-1-2-9(10(11)8-15)12-16-13(17-20-12)18-4-6-19-7-5-18/h1-3H,4-7H2. The Morgan fingerprint density at radius 2 is 2.10 bits per heavy atom. The minimum absolute atomic E-state index is 0.0929. The monoisotopic (exact) mass is 274 g/mol. The maximum atomic E-state index is 13.6. The summed E-state index contributed by atoms with van der Waals surface area (Å²) in [5.74, 6) is -0.0323. The first kappa shape index (κ1) is 12.6. The highest BCUT2D eigenvalue weighted by molar-refractivity contribution is 5.64. The van der Waals surface area contributed by atoms with Crippen molar-refractivity contribution in [2.24, 2.45) is 0 Å². The molecule has 0 amide bonds. The summed E-state index contributed by atoms with van der Waals surface area (Å²) in [5.41, 5.74) is 0.212. The van der Waals surface area contributed by atoms with E-state index in [1.54, 1.807) is 6.07 Å². The largest absolute Gasteiger partial charge is 0.378 e. The molecule has 0 unspecified atom stereocenters. The lowest BCUT2D eigenvalue weighted by atomic mass is 10.1. The summed E-state index contributed by atoms with van der Waals surface area (Å²) < 4.78 is 23.9. The molecular weight excluding hydrogens is 263 g/mol. The number of anilines is 1. The van der Waals surface area contributed by atoms with Crippen molar-refractivity contribution >= 4 is 5.95 Å². The molecule has 0 bridgehead atoms. The van der Waals surface area contributed by atoms with Gasteiger partial charge in [-0.05, 0) is 17.3 Å². The van der Waals surface area contributed by atoms with Gasteiger partial charge in [-0.15, -0.1) is 0 Å². The molecular formula is C13H11FN4O2. The number of nitrogens with zero attached hydrogens (tertiary/aromatic N) is 4. The van der Waals surface area contributed by atoms with Crippen LogP contribution in [0, 0.1) is 17.1 Å². The highest BCUT2D eigenvalue weighted by atomic mass is 19.1. The molecule has 1 aromatic carbocycles. The van der Waals surface area contributed by atoms with Crippen LogP contribution in [0.15, 0.2) is 22.7 Å². The fraction of sp³-hybridized carbons (Fsp3) is 0.308. The third kappa shape index (κ3) is 2.21. The van der Waals surface area contributed by atoms with Gasteiger partial charge in [0.2, 0.25) is 0 Å². The number of hydrogen-bond acceptors (Lipinski definition) is 6. The molecule has 1 aromatic heterocycles. The minimum atomic E-state index is -0.601. The van der Waals surface area contributed by atoms with Crippen LogP contribution >= 0.6 is 0 Å². The maximum Gasteiger partial charge on any atom is 0.266 e. The second kappa shape index (κ2) is 5.27. The van der Waals surface area contributed by atoms with E-state index in [0.717, 1.165) is 0 Å². The Hall–Kier alpha value is -2.46. The van der Waals surface area contributed by atoms with Crippen LogP contribution in [-0.4, -0.2) is 36.4 Å². The third-order valence-electron chi connectivity index (χ3n) is 3.07. The molecule has 1 saturated heterocycles. The molecule has 2 aromatic rings. The zero-order valence-electron chi connectivity index (χ0n) is 10.5. The topological polar surface area (TPSA) is 75.2 Å². The summed E-state index contributed by atoms with van der Waals surface area (Å²) >= 11 is 0. The fourth-order valence-electron chi connectivity index (χ4n) is 2.03. The molecule has 0 N–H and O–H groups in total. The second-order valence-corrected chi connectivity index (χ2v) is 4.27. The first-order valence-electron chi connectivity index (χ1n) is 6.15. The normalized spacial score (nSPS) is 15.1. The average molecular weight is 274 g/mol. The molecule has 0 radical (unpaired) electrons. The Bertz CT molecular complexity index is 659. The van der Waals surface area contributed by atoms with Gasteiger partial charge in [-0.1, -0.05) is 6.07 Å². The van der Waals surface area contributed by atoms with Crippen molar-refractivity contribution in [1.29, 1.82) is 5.26 Å². The van der Waals surface area contributed by atoms with Gasteiger partial charge in [-0.3, -0.25) is 0 Å². The molecule has 3 rings (SSSR count). The summed E-state index contributed by atoms with van der Waals surface area (Å²) in [5, 5.41) is 12.9. The Morgan fingerprint density at radius 1 is 1.30 bits per heavy atom. The lowest BCUT2D eigenvalue weighted by Gasteiger charge is -2.24. The van der Waals surface area contributed by atoms with Crippen LogP contribution in [0.4, 0.5) is 10.3 Å². The Morgan fingerprint density at radius 3 is 2.85 bits per heavy atom. The van der Waals surface area contributed by atoms with Gasteiger partial charge in [-0.25, -0.2) is 4.39 Å². The molecule has 1 aliphatic rings. The molecule has 20 heavy (non-hydrogen) atoms. The summed E-state index contributed by atoms with van der Waals surface area (Å²) in [6.45, 7) is 2.56. The molecule has 0 aliphatic carbocycles. The van der Waals surface area contributed by atoms with Gasteiger partial charge in [0.25, 0.3) is 11.8 Å². The van der Waals surface area contributed by atoms with E-state index in [1.165, 1.54) is 12.1 Å². The van der Waals surface area contributed by atoms with Gasteiger partial charge >= 0.3 is 0 Å². The molecule has 102 valence electrons. The molecule has 0 saturated carbocycles. The Kier molecular flexibility index (Phi) is 3.31. The summed E-state index contributed by atoms with van der Waals surface area (Å²) in [6.07, 6.45) is 0. The molecule has 1 aliphatic heterocycles. The van der Waals surface area contributed by atoms with Crippen molar-refractivity contribution in [2.45, 2.75) is 0 Å². The SMILES string of the molecule is N#Cc1c(F)cccc1-c1nc(N2CCOCC2)no1. The first-order chi connectivity index (χ1) is 9.79. The predicted octanol–water partition coefficient (Wildman–Crippen LogP) is 1.58. The fourth-order valence-corrected chi connectivity index (χ4v) is 2.03. The molecule has 2 heterocycles. The van der Waals surface area contributed by atoms with Crippen molar-refractivity contribution in [3.63, 3.8) is 0 Å². The van der Waals surface area contributed by atoms with Gasteiger partial charge in [0.15, 0.2) is 0 Å². The van der Waals surface area contributed by atoms with Gasteiger partial charge in [-0.2, -0.15) is 10.2 Å². The van der Waals surface area contributed by atoms with E-state index in [4.69, 9.17) is 14.5 Å². The highest BCUT2D eigenvalue weighted by Crippen LogP contribution is 2.25. The average Bonchev–Trinajstić information content (AvgIpc) is 2.97. The van der Waals surface area contributed by atoms with Crippen LogP contribution in [0.5, 0.6) is 0 Å². The van der Waals surface area contributed by atoms with Crippen molar-refractivity contribution < 1.29 is 13.7 Å². The Labute approximate surface area is 114 Å². The van der Waals surface area contributed by atoms with Gasteiger partial charge in [0, 0.05) is 13.1 Å². The van der Waals surface area contributed by atoms with Crippen molar-refractivity contribution in [2.75, 3.05) is 31.2 Å². The van der Waals surface area contributed by atoms with Crippen LogP contribution in [-0.2, 0) is 4.74 Å². The van der Waals surface area contributed by atoms with Crippen LogP contribution in [0.1, 0.15) is 5.56 Å². The summed E-state index contributed by atoms with van der Waals surface area (Å²) in [4.78, 5) is 6.15. The van der Waals surface area contributed by atoms with E-state index in [9.17, 15) is 4.39 Å². The molecule has 0 atom stereocenters. The van der Waals surface area contributed by atoms with Crippen LogP contribution in [0.25, 0.3) is 11.5 Å². The minimum Gasteiger partial charge on any atom is -0.378 e. The molecule has 1 fully saturated rings. The number of halogens is 1. The van der Waals surface area contributed by atoms with E-state index in [1.807, 2.05) is 11.0 Å². The number of ether oxygens (including phenoxy) is 1. The van der Waals surface area contributed by atoms with Gasteiger partial charge < -0.3 is 14.2 Å². The second-order valence-electron chi connectivity index (χ2n) is 4.27. The summed E-state index contributed by atoms with van der Waals surface area (Å²) in [6, 6.07) is 6.12.